The van der Waals surface area contributed by atoms with Crippen LogP contribution in [-0.2, 0) is 0 Å². The Bertz CT molecular complexity index is 367. The van der Waals surface area contributed by atoms with E-state index in [1.165, 1.54) is 0 Å². The summed E-state index contributed by atoms with van der Waals surface area (Å²) in [5, 5.41) is 2.94. The monoisotopic (exact) mass is 307 g/mol. The molecule has 0 aliphatic carbocycles. The van der Waals surface area contributed by atoms with Gasteiger partial charge in [0.05, 0.1) is 0 Å². The molecule has 16 heavy (non-hydrogen) atoms. The second kappa shape index (κ2) is 5.73. The fraction of sp³-hybridized carbons (Fsp3) is 0.545. The lowest BCUT2D eigenvalue weighted by molar-refractivity contribution is 0.0871. The highest BCUT2D eigenvalue weighted by atomic mass is 79.9. The van der Waals surface area contributed by atoms with Crippen LogP contribution in [0.5, 0.6) is 0 Å². The van der Waals surface area contributed by atoms with Gasteiger partial charge in [0.2, 0.25) is 0 Å². The van der Waals surface area contributed by atoms with Gasteiger partial charge in [-0.1, -0.05) is 6.92 Å². The number of alkyl halides is 1. The minimum Gasteiger partial charge on any atom is -0.444 e. The van der Waals surface area contributed by atoms with Crippen LogP contribution in [0, 0.1) is 0 Å². The van der Waals surface area contributed by atoms with Crippen LogP contribution in [0.3, 0.4) is 0 Å². The van der Waals surface area contributed by atoms with Gasteiger partial charge in [-0.05, 0) is 47.8 Å². The molecule has 0 fully saturated rings. The molecular formula is C11H15BrClNO2. The highest BCUT2D eigenvalue weighted by Gasteiger charge is 2.25. The molecule has 0 aliphatic heterocycles. The quantitative estimate of drug-likeness (QED) is 0.845. The molecule has 0 bridgehead atoms. The summed E-state index contributed by atoms with van der Waals surface area (Å²) in [5.74, 6) is 0.619. The molecule has 1 aromatic heterocycles. The van der Waals surface area contributed by atoms with Crippen molar-refractivity contribution in [2.45, 2.75) is 32.2 Å². The van der Waals surface area contributed by atoms with Gasteiger partial charge in [-0.3, -0.25) is 4.79 Å². The van der Waals surface area contributed by atoms with Gasteiger partial charge in [0, 0.05) is 11.4 Å². The summed E-state index contributed by atoms with van der Waals surface area (Å²) in [6.07, 6.45) is 1.56. The molecule has 1 N–H and O–H groups in total. The number of carbonyl (C=O) groups is 1. The first kappa shape index (κ1) is 13.6. The molecule has 0 radical (unpaired) electrons. The molecule has 0 spiro atoms. The normalized spacial score (nSPS) is 14.5. The standard InChI is InChI=1S/C11H15BrClNO2/c1-3-11(2,6-7-13)14-10(15)8-4-5-9(12)16-8/h4-5H,3,6-7H2,1-2H3,(H,14,15). The number of furan rings is 1. The summed E-state index contributed by atoms with van der Waals surface area (Å²) >= 11 is 8.88. The molecule has 0 aliphatic rings. The lowest BCUT2D eigenvalue weighted by atomic mass is 9.95. The van der Waals surface area contributed by atoms with Crippen molar-refractivity contribution in [1.29, 1.82) is 0 Å². The molecule has 0 saturated carbocycles. The maximum Gasteiger partial charge on any atom is 0.287 e. The highest BCUT2D eigenvalue weighted by molar-refractivity contribution is 9.10. The van der Waals surface area contributed by atoms with Gasteiger partial charge in [0.1, 0.15) is 0 Å². The first-order valence-electron chi connectivity index (χ1n) is 5.14. The van der Waals surface area contributed by atoms with Crippen molar-refractivity contribution >= 4 is 33.4 Å². The Kier molecular flexibility index (Phi) is 4.87. The summed E-state index contributed by atoms with van der Waals surface area (Å²) in [7, 11) is 0. The van der Waals surface area contributed by atoms with Crippen molar-refractivity contribution in [3.63, 3.8) is 0 Å². The Morgan fingerprint density at radius 3 is 2.75 bits per heavy atom. The van der Waals surface area contributed by atoms with Crippen LogP contribution >= 0.6 is 27.5 Å². The Hall–Kier alpha value is -0.480. The molecule has 1 unspecified atom stereocenters. The molecule has 90 valence electrons. The van der Waals surface area contributed by atoms with Crippen LogP contribution in [-0.4, -0.2) is 17.3 Å². The molecule has 1 aromatic rings. The molecular weight excluding hydrogens is 293 g/mol. The van der Waals surface area contributed by atoms with E-state index < -0.39 is 0 Å². The third-order valence-electron chi connectivity index (χ3n) is 2.64. The zero-order valence-corrected chi connectivity index (χ0v) is 11.7. The van der Waals surface area contributed by atoms with E-state index in [1.807, 2.05) is 13.8 Å². The van der Waals surface area contributed by atoms with Gasteiger partial charge in [-0.25, -0.2) is 0 Å². The van der Waals surface area contributed by atoms with Crippen LogP contribution in [0.4, 0.5) is 0 Å². The minimum atomic E-state index is -0.280. The number of carbonyl (C=O) groups excluding carboxylic acids is 1. The van der Waals surface area contributed by atoms with E-state index in [4.69, 9.17) is 16.0 Å². The SMILES string of the molecule is CCC(C)(CCCl)NC(=O)c1ccc(Br)o1. The van der Waals surface area contributed by atoms with Crippen LogP contribution in [0.2, 0.25) is 0 Å². The van der Waals surface area contributed by atoms with Gasteiger partial charge in [0.15, 0.2) is 10.4 Å². The summed E-state index contributed by atoms with van der Waals surface area (Å²) in [6.45, 7) is 4.00. The molecule has 0 aromatic carbocycles. The van der Waals surface area contributed by atoms with Crippen LogP contribution in [0.25, 0.3) is 0 Å². The van der Waals surface area contributed by atoms with E-state index in [2.05, 4.69) is 21.2 Å². The topological polar surface area (TPSA) is 42.2 Å². The Labute approximate surface area is 109 Å². The molecule has 1 amide bonds. The lowest BCUT2D eigenvalue weighted by Gasteiger charge is -2.28. The zero-order valence-electron chi connectivity index (χ0n) is 9.35. The average molecular weight is 309 g/mol. The van der Waals surface area contributed by atoms with E-state index in [1.54, 1.807) is 12.1 Å². The maximum atomic E-state index is 11.8. The Morgan fingerprint density at radius 1 is 1.62 bits per heavy atom. The second-order valence-corrected chi connectivity index (χ2v) is 5.07. The molecule has 3 nitrogen and oxygen atoms in total. The number of hydrogen-bond acceptors (Lipinski definition) is 2. The van der Waals surface area contributed by atoms with Crippen molar-refractivity contribution in [3.8, 4) is 0 Å². The fourth-order valence-electron chi connectivity index (χ4n) is 1.31. The largest absolute Gasteiger partial charge is 0.444 e. The van der Waals surface area contributed by atoms with E-state index in [9.17, 15) is 4.79 Å². The third-order valence-corrected chi connectivity index (χ3v) is 3.25. The van der Waals surface area contributed by atoms with Gasteiger partial charge < -0.3 is 9.73 Å². The van der Waals surface area contributed by atoms with E-state index in [0.717, 1.165) is 12.8 Å². The van der Waals surface area contributed by atoms with E-state index >= 15 is 0 Å². The van der Waals surface area contributed by atoms with Gasteiger partial charge >= 0.3 is 0 Å². The number of hydrogen-bond donors (Lipinski definition) is 1. The average Bonchev–Trinajstić information content (AvgIpc) is 2.65. The fourth-order valence-corrected chi connectivity index (χ4v) is 2.03. The predicted octanol–water partition coefficient (Wildman–Crippen LogP) is 3.57. The third kappa shape index (κ3) is 3.52. The van der Waals surface area contributed by atoms with Crippen LogP contribution in [0.15, 0.2) is 21.2 Å². The van der Waals surface area contributed by atoms with Gasteiger partial charge in [-0.2, -0.15) is 0 Å². The van der Waals surface area contributed by atoms with Crippen molar-refractivity contribution in [1.82, 2.24) is 5.32 Å². The number of amides is 1. The van der Waals surface area contributed by atoms with Gasteiger partial charge in [0.25, 0.3) is 5.91 Å². The molecule has 1 heterocycles. The first-order chi connectivity index (χ1) is 7.50. The van der Waals surface area contributed by atoms with Crippen LogP contribution in [0.1, 0.15) is 37.2 Å². The maximum absolute atomic E-state index is 11.8. The second-order valence-electron chi connectivity index (χ2n) is 3.91. The minimum absolute atomic E-state index is 0.208. The molecule has 1 rings (SSSR count). The summed E-state index contributed by atoms with van der Waals surface area (Å²) in [6, 6.07) is 3.33. The Balaban J connectivity index is 2.69. The number of nitrogens with one attached hydrogen (secondary N) is 1. The van der Waals surface area contributed by atoms with E-state index in [0.29, 0.717) is 16.3 Å². The number of halogens is 2. The van der Waals surface area contributed by atoms with Crippen molar-refractivity contribution in [2.75, 3.05) is 5.88 Å². The zero-order chi connectivity index (χ0) is 12.2. The highest BCUT2D eigenvalue weighted by Crippen LogP contribution is 2.18. The van der Waals surface area contributed by atoms with Crippen LogP contribution < -0.4 is 5.32 Å². The molecule has 5 heteroatoms. The van der Waals surface area contributed by atoms with Crippen molar-refractivity contribution in [2.24, 2.45) is 0 Å². The first-order valence-corrected chi connectivity index (χ1v) is 6.47. The Morgan fingerprint density at radius 2 is 2.31 bits per heavy atom. The predicted molar refractivity (Wildman–Crippen MR) is 67.9 cm³/mol. The van der Waals surface area contributed by atoms with Gasteiger partial charge in [-0.15, -0.1) is 11.6 Å². The summed E-state index contributed by atoms with van der Waals surface area (Å²) in [4.78, 5) is 11.8. The number of rotatable bonds is 5. The summed E-state index contributed by atoms with van der Waals surface area (Å²) in [5.41, 5.74) is -0.280. The van der Waals surface area contributed by atoms with E-state index in [-0.39, 0.29) is 11.4 Å². The molecule has 0 saturated heterocycles. The van der Waals surface area contributed by atoms with Crippen molar-refractivity contribution in [3.05, 3.63) is 22.6 Å². The lowest BCUT2D eigenvalue weighted by Crippen LogP contribution is -2.45. The van der Waals surface area contributed by atoms with Crippen molar-refractivity contribution < 1.29 is 9.21 Å². The smallest absolute Gasteiger partial charge is 0.287 e. The summed E-state index contributed by atoms with van der Waals surface area (Å²) < 4.78 is 5.73. The molecule has 1 atom stereocenters.